The lowest BCUT2D eigenvalue weighted by Crippen LogP contribution is -2.80. The predicted molar refractivity (Wildman–Crippen MR) is 69.2 cm³/mol. The fourth-order valence-corrected chi connectivity index (χ4v) is 5.37. The smallest absolute Gasteiger partial charge is 0.335 e. The number of ketones is 1. The van der Waals surface area contributed by atoms with E-state index in [4.69, 9.17) is 9.47 Å². The Kier molecular flexibility index (Phi) is 2.38. The van der Waals surface area contributed by atoms with E-state index in [1.165, 1.54) is 0 Å². The molecule has 7 heteroatoms. The van der Waals surface area contributed by atoms with Crippen molar-refractivity contribution in [3.63, 3.8) is 0 Å². The predicted octanol–water partition coefficient (Wildman–Crippen LogP) is -0.818. The van der Waals surface area contributed by atoms with Crippen molar-refractivity contribution in [1.29, 1.82) is 0 Å². The number of ether oxygens (including phenoxy) is 2. The van der Waals surface area contributed by atoms with E-state index in [1.807, 2.05) is 0 Å². The van der Waals surface area contributed by atoms with Gasteiger partial charge in [0, 0.05) is 18.3 Å². The summed E-state index contributed by atoms with van der Waals surface area (Å²) in [7, 11) is 0. The van der Waals surface area contributed by atoms with Gasteiger partial charge < -0.3 is 19.7 Å². The molecule has 2 saturated heterocycles. The number of cyclic esters (lactones) is 1. The molecule has 0 amide bonds. The van der Waals surface area contributed by atoms with Crippen LogP contribution in [0.4, 0.5) is 0 Å². The van der Waals surface area contributed by atoms with Crippen molar-refractivity contribution >= 4 is 17.7 Å². The second-order valence-corrected chi connectivity index (χ2v) is 7.18. The number of carbonyl (C=O) groups is 3. The Bertz CT molecular complexity index is 615. The van der Waals surface area contributed by atoms with E-state index in [9.17, 15) is 24.6 Å². The first-order valence-electron chi connectivity index (χ1n) is 7.53. The van der Waals surface area contributed by atoms with E-state index < -0.39 is 52.4 Å². The zero-order valence-corrected chi connectivity index (χ0v) is 12.4. The highest BCUT2D eigenvalue weighted by Gasteiger charge is 2.84. The standard InChI is InChI=1S/C15H18O7/c1-6-8(16)3-15(20)13(6)4-9(22-11(18)10(13)17)7(2)14(15)5-21-12(14)19/h6-7,9-10,17,20H,3-5H2,1-2H3/t6-,7-,9-,10+,13+,14-,15+/m1/s1. The maximum atomic E-state index is 12.4. The molecule has 2 aliphatic carbocycles. The Balaban J connectivity index is 2.00. The lowest BCUT2D eigenvalue weighted by Gasteiger charge is -2.66. The van der Waals surface area contributed by atoms with Gasteiger partial charge in [-0.15, -0.1) is 0 Å². The van der Waals surface area contributed by atoms with Crippen LogP contribution in [0.1, 0.15) is 26.7 Å². The molecule has 2 spiro atoms. The number of rotatable bonds is 0. The summed E-state index contributed by atoms with van der Waals surface area (Å²) in [5, 5.41) is 22.0. The number of hydrogen-bond acceptors (Lipinski definition) is 7. The molecule has 0 aromatic rings. The number of carbonyl (C=O) groups excluding carboxylic acids is 3. The van der Waals surface area contributed by atoms with Crippen LogP contribution in [0.2, 0.25) is 0 Å². The Morgan fingerprint density at radius 2 is 1.91 bits per heavy atom. The molecule has 4 aliphatic rings. The normalized spacial score (nSPS) is 56.3. The van der Waals surface area contributed by atoms with Gasteiger partial charge in [-0.05, 0) is 6.42 Å². The second-order valence-electron chi connectivity index (χ2n) is 7.18. The van der Waals surface area contributed by atoms with Gasteiger partial charge in [0.15, 0.2) is 6.10 Å². The third kappa shape index (κ3) is 1.08. The maximum absolute atomic E-state index is 12.4. The number of hydrogen-bond donors (Lipinski definition) is 2. The van der Waals surface area contributed by atoms with Gasteiger partial charge in [-0.25, -0.2) is 4.79 Å². The number of fused-ring (bicyclic) bond motifs is 2. The van der Waals surface area contributed by atoms with Gasteiger partial charge in [-0.3, -0.25) is 9.59 Å². The highest BCUT2D eigenvalue weighted by atomic mass is 16.6. The molecule has 0 aromatic heterocycles. The third-order valence-electron chi connectivity index (χ3n) is 6.84. The van der Waals surface area contributed by atoms with E-state index in [-0.39, 0.29) is 25.2 Å². The highest BCUT2D eigenvalue weighted by molar-refractivity contribution is 5.94. The number of aliphatic hydroxyl groups is 2. The summed E-state index contributed by atoms with van der Waals surface area (Å²) in [6.07, 6.45) is -2.30. The highest BCUT2D eigenvalue weighted by Crippen LogP contribution is 2.70. The van der Waals surface area contributed by atoms with Crippen LogP contribution in [0.3, 0.4) is 0 Å². The molecule has 7 atom stereocenters. The summed E-state index contributed by atoms with van der Waals surface area (Å²) in [4.78, 5) is 36.7. The van der Waals surface area contributed by atoms with E-state index in [0.29, 0.717) is 0 Å². The molecule has 0 aromatic carbocycles. The van der Waals surface area contributed by atoms with Crippen molar-refractivity contribution in [3.8, 4) is 0 Å². The van der Waals surface area contributed by atoms with Crippen molar-refractivity contribution in [2.24, 2.45) is 22.7 Å². The zero-order chi connectivity index (χ0) is 16.1. The molecular formula is C15H18O7. The average molecular weight is 310 g/mol. The Hall–Kier alpha value is -1.47. The molecule has 2 aliphatic heterocycles. The van der Waals surface area contributed by atoms with Crippen LogP contribution in [-0.2, 0) is 23.9 Å². The quantitative estimate of drug-likeness (QED) is 0.563. The van der Waals surface area contributed by atoms with E-state index in [1.54, 1.807) is 13.8 Å². The maximum Gasteiger partial charge on any atom is 0.335 e. The minimum absolute atomic E-state index is 0.0218. The molecule has 2 saturated carbocycles. The van der Waals surface area contributed by atoms with Crippen molar-refractivity contribution < 1.29 is 34.1 Å². The number of aliphatic hydroxyl groups excluding tert-OH is 1. The molecule has 2 heterocycles. The first-order chi connectivity index (χ1) is 10.2. The van der Waals surface area contributed by atoms with Crippen molar-refractivity contribution in [1.82, 2.24) is 0 Å². The third-order valence-corrected chi connectivity index (χ3v) is 6.84. The lowest BCUT2D eigenvalue weighted by molar-refractivity contribution is -0.321. The van der Waals surface area contributed by atoms with Crippen molar-refractivity contribution in [2.45, 2.75) is 44.5 Å². The second kappa shape index (κ2) is 3.71. The lowest BCUT2D eigenvalue weighted by atomic mass is 9.44. The summed E-state index contributed by atoms with van der Waals surface area (Å²) in [6.45, 7) is 3.31. The van der Waals surface area contributed by atoms with E-state index in [0.717, 1.165) is 0 Å². The number of esters is 2. The molecule has 0 radical (unpaired) electrons. The molecule has 7 nitrogen and oxygen atoms in total. The average Bonchev–Trinajstić information content (AvgIpc) is 2.64. The monoisotopic (exact) mass is 310 g/mol. The summed E-state index contributed by atoms with van der Waals surface area (Å²) < 4.78 is 10.2. The molecular weight excluding hydrogens is 292 g/mol. The van der Waals surface area contributed by atoms with Crippen molar-refractivity contribution in [3.05, 3.63) is 0 Å². The molecule has 0 unspecified atom stereocenters. The zero-order valence-electron chi connectivity index (χ0n) is 12.4. The van der Waals surface area contributed by atoms with Crippen LogP contribution in [0.5, 0.6) is 0 Å². The first-order valence-corrected chi connectivity index (χ1v) is 7.53. The Morgan fingerprint density at radius 3 is 2.45 bits per heavy atom. The molecule has 22 heavy (non-hydrogen) atoms. The first kappa shape index (κ1) is 14.1. The van der Waals surface area contributed by atoms with Gasteiger partial charge in [0.1, 0.15) is 29.5 Å². The van der Waals surface area contributed by atoms with Gasteiger partial charge >= 0.3 is 11.9 Å². The van der Waals surface area contributed by atoms with Gasteiger partial charge in [-0.1, -0.05) is 13.8 Å². The van der Waals surface area contributed by atoms with Crippen LogP contribution in [0.15, 0.2) is 0 Å². The van der Waals surface area contributed by atoms with Crippen molar-refractivity contribution in [2.75, 3.05) is 6.61 Å². The SMILES string of the molecule is C[C@@H]1C(=O)C[C@]2(O)[C@@]13C[C@@H](OC(=O)[C@@H]3O)[C@@H](C)[C@@]21COC1=O. The van der Waals surface area contributed by atoms with Crippen LogP contribution >= 0.6 is 0 Å². The minimum Gasteiger partial charge on any atom is -0.464 e. The summed E-state index contributed by atoms with van der Waals surface area (Å²) in [6, 6.07) is 0. The van der Waals surface area contributed by atoms with Gasteiger partial charge in [-0.2, -0.15) is 0 Å². The fourth-order valence-electron chi connectivity index (χ4n) is 5.37. The fraction of sp³-hybridized carbons (Fsp3) is 0.800. The topological polar surface area (TPSA) is 110 Å². The van der Waals surface area contributed by atoms with E-state index >= 15 is 0 Å². The van der Waals surface area contributed by atoms with Crippen LogP contribution in [0.25, 0.3) is 0 Å². The molecule has 2 bridgehead atoms. The molecule has 2 N–H and O–H groups in total. The van der Waals surface area contributed by atoms with Gasteiger partial charge in [0.2, 0.25) is 0 Å². The molecule has 4 fully saturated rings. The minimum atomic E-state index is -1.78. The van der Waals surface area contributed by atoms with Gasteiger partial charge in [0.25, 0.3) is 0 Å². The number of Topliss-reactive ketones (excluding diaryl/α,β-unsaturated/α-hetero) is 1. The Morgan fingerprint density at radius 1 is 1.23 bits per heavy atom. The van der Waals surface area contributed by atoms with Crippen LogP contribution in [-0.4, -0.2) is 52.4 Å². The summed E-state index contributed by atoms with van der Waals surface area (Å²) in [5.41, 5.74) is -4.45. The largest absolute Gasteiger partial charge is 0.464 e. The van der Waals surface area contributed by atoms with Crippen LogP contribution < -0.4 is 0 Å². The summed E-state index contributed by atoms with van der Waals surface area (Å²) >= 11 is 0. The molecule has 4 rings (SSSR count). The molecule has 120 valence electrons. The van der Waals surface area contributed by atoms with Crippen LogP contribution in [0, 0.1) is 22.7 Å². The Labute approximate surface area is 126 Å². The summed E-state index contributed by atoms with van der Waals surface area (Å²) in [5.74, 6) is -2.85. The van der Waals surface area contributed by atoms with E-state index in [2.05, 4.69) is 0 Å². The van der Waals surface area contributed by atoms with Gasteiger partial charge in [0.05, 0.1) is 5.41 Å².